The van der Waals surface area contributed by atoms with E-state index in [0.717, 1.165) is 12.5 Å². The molecule has 6 heteroatoms. The number of hydrogen-bond donors (Lipinski definition) is 1. The molecule has 0 saturated heterocycles. The zero-order valence-corrected chi connectivity index (χ0v) is 12.6. The van der Waals surface area contributed by atoms with Gasteiger partial charge in [-0.2, -0.15) is 8.42 Å². The van der Waals surface area contributed by atoms with Crippen LogP contribution < -0.4 is 0 Å². The molecule has 0 atom stereocenters. The normalized spacial score (nSPS) is 16.6. The Morgan fingerprint density at radius 1 is 1.24 bits per heavy atom. The molecule has 5 nitrogen and oxygen atoms in total. The fourth-order valence-corrected chi connectivity index (χ4v) is 3.19. The van der Waals surface area contributed by atoms with Crippen LogP contribution in [0.2, 0.25) is 0 Å². The number of rotatable bonds is 5. The first-order valence-corrected chi connectivity index (χ1v) is 8.65. The summed E-state index contributed by atoms with van der Waals surface area (Å²) >= 11 is 0. The van der Waals surface area contributed by atoms with E-state index >= 15 is 0 Å². The third kappa shape index (κ3) is 4.82. The molecular formula is C15H20O5S. The van der Waals surface area contributed by atoms with Crippen LogP contribution in [0.25, 0.3) is 0 Å². The Labute approximate surface area is 125 Å². The molecular weight excluding hydrogens is 292 g/mol. The number of ether oxygens (including phenoxy) is 1. The maximum atomic E-state index is 11.9. The van der Waals surface area contributed by atoms with Crippen molar-refractivity contribution >= 4 is 16.1 Å². The lowest BCUT2D eigenvalue weighted by molar-refractivity contribution is 0.0474. The summed E-state index contributed by atoms with van der Waals surface area (Å²) in [6, 6.07) is 5.23. The predicted octanol–water partition coefficient (Wildman–Crippen LogP) is 3.06. The summed E-state index contributed by atoms with van der Waals surface area (Å²) in [5, 5.41) is 0. The van der Waals surface area contributed by atoms with Crippen molar-refractivity contribution in [1.82, 2.24) is 0 Å². The highest BCUT2D eigenvalue weighted by atomic mass is 32.2. The van der Waals surface area contributed by atoms with Crippen molar-refractivity contribution in [1.29, 1.82) is 0 Å². The van der Waals surface area contributed by atoms with Crippen LogP contribution in [-0.4, -0.2) is 25.5 Å². The van der Waals surface area contributed by atoms with Gasteiger partial charge in [-0.05, 0) is 30.5 Å². The molecule has 0 heterocycles. The van der Waals surface area contributed by atoms with Gasteiger partial charge >= 0.3 is 5.97 Å². The van der Waals surface area contributed by atoms with Crippen LogP contribution in [0.1, 0.15) is 48.9 Å². The fraction of sp³-hybridized carbons (Fsp3) is 0.533. The average molecular weight is 312 g/mol. The Bertz CT molecular complexity index is 588. The minimum atomic E-state index is -4.30. The van der Waals surface area contributed by atoms with Crippen LogP contribution >= 0.6 is 0 Å². The maximum Gasteiger partial charge on any atom is 0.338 e. The molecule has 0 radical (unpaired) electrons. The Morgan fingerprint density at radius 2 is 1.95 bits per heavy atom. The summed E-state index contributed by atoms with van der Waals surface area (Å²) in [5.74, 6) is 0.0620. The van der Waals surface area contributed by atoms with E-state index in [0.29, 0.717) is 12.5 Å². The molecule has 0 bridgehead atoms. The topological polar surface area (TPSA) is 80.7 Å². The third-order valence-corrected chi connectivity index (χ3v) is 4.70. The molecule has 1 aromatic rings. The number of carbonyl (C=O) groups is 1. The van der Waals surface area contributed by atoms with Crippen LogP contribution in [0.4, 0.5) is 0 Å². The van der Waals surface area contributed by atoms with Crippen LogP contribution in [0.5, 0.6) is 0 Å². The Morgan fingerprint density at radius 3 is 2.62 bits per heavy atom. The van der Waals surface area contributed by atoms with Crippen molar-refractivity contribution in [2.75, 3.05) is 6.61 Å². The number of esters is 1. The lowest BCUT2D eigenvalue weighted by Gasteiger charge is -2.21. The van der Waals surface area contributed by atoms with Crippen molar-refractivity contribution in [2.45, 2.75) is 43.4 Å². The standard InChI is InChI=1S/C15H20O5S/c16-15(20-10-9-12-5-2-1-3-6-12)13-7-4-8-14(11-13)21(17,18)19/h4,7-8,11-12H,1-3,5-6,9-10H2,(H,17,18,19). The molecule has 1 aliphatic rings. The molecule has 1 saturated carbocycles. The summed E-state index contributed by atoms with van der Waals surface area (Å²) in [6.07, 6.45) is 7.01. The average Bonchev–Trinajstić information content (AvgIpc) is 2.47. The van der Waals surface area contributed by atoms with E-state index in [1.165, 1.54) is 50.3 Å². The second-order valence-corrected chi connectivity index (χ2v) is 6.85. The van der Waals surface area contributed by atoms with E-state index in [-0.39, 0.29) is 10.5 Å². The lowest BCUT2D eigenvalue weighted by atomic mass is 9.87. The zero-order valence-electron chi connectivity index (χ0n) is 11.8. The van der Waals surface area contributed by atoms with Crippen LogP contribution in [-0.2, 0) is 14.9 Å². The minimum absolute atomic E-state index is 0.133. The SMILES string of the molecule is O=C(OCCC1CCCCC1)c1cccc(S(=O)(=O)O)c1. The van der Waals surface area contributed by atoms with Crippen LogP contribution in [0, 0.1) is 5.92 Å². The molecule has 0 aromatic heterocycles. The highest BCUT2D eigenvalue weighted by Crippen LogP contribution is 2.26. The predicted molar refractivity (Wildman–Crippen MR) is 77.7 cm³/mol. The molecule has 116 valence electrons. The van der Waals surface area contributed by atoms with Gasteiger partial charge in [0.2, 0.25) is 0 Å². The molecule has 1 fully saturated rings. The van der Waals surface area contributed by atoms with E-state index in [1.807, 2.05) is 0 Å². The van der Waals surface area contributed by atoms with Crippen molar-refractivity contribution in [3.8, 4) is 0 Å². The molecule has 0 unspecified atom stereocenters. The van der Waals surface area contributed by atoms with Crippen molar-refractivity contribution in [2.24, 2.45) is 5.92 Å². The van der Waals surface area contributed by atoms with Crippen LogP contribution in [0.15, 0.2) is 29.2 Å². The summed E-state index contributed by atoms with van der Waals surface area (Å²) in [7, 11) is -4.30. The van der Waals surface area contributed by atoms with Gasteiger partial charge in [-0.1, -0.05) is 38.2 Å². The van der Waals surface area contributed by atoms with E-state index in [4.69, 9.17) is 9.29 Å². The number of carbonyl (C=O) groups excluding carboxylic acids is 1. The van der Waals surface area contributed by atoms with Gasteiger partial charge in [0.25, 0.3) is 10.1 Å². The molecule has 2 rings (SSSR count). The first-order chi connectivity index (χ1) is 9.97. The van der Waals surface area contributed by atoms with Gasteiger partial charge in [0.05, 0.1) is 17.1 Å². The first-order valence-electron chi connectivity index (χ1n) is 7.21. The van der Waals surface area contributed by atoms with Gasteiger partial charge < -0.3 is 4.74 Å². The van der Waals surface area contributed by atoms with Crippen molar-refractivity contribution in [3.63, 3.8) is 0 Å². The smallest absolute Gasteiger partial charge is 0.338 e. The molecule has 0 aliphatic heterocycles. The molecule has 1 aromatic carbocycles. The fourth-order valence-electron chi connectivity index (χ4n) is 2.66. The highest BCUT2D eigenvalue weighted by molar-refractivity contribution is 7.85. The second-order valence-electron chi connectivity index (χ2n) is 5.43. The quantitative estimate of drug-likeness (QED) is 0.667. The largest absolute Gasteiger partial charge is 0.462 e. The summed E-state index contributed by atoms with van der Waals surface area (Å²) in [5.41, 5.74) is 0.133. The van der Waals surface area contributed by atoms with Gasteiger partial charge in [-0.3, -0.25) is 4.55 Å². The Kier molecular flexibility index (Phi) is 5.36. The summed E-state index contributed by atoms with van der Waals surface area (Å²) < 4.78 is 36.2. The van der Waals surface area contributed by atoms with E-state index in [2.05, 4.69) is 0 Å². The second kappa shape index (κ2) is 7.04. The third-order valence-electron chi connectivity index (χ3n) is 3.85. The van der Waals surface area contributed by atoms with E-state index in [9.17, 15) is 13.2 Å². The minimum Gasteiger partial charge on any atom is -0.462 e. The summed E-state index contributed by atoms with van der Waals surface area (Å²) in [6.45, 7) is 0.347. The first kappa shape index (κ1) is 16.0. The van der Waals surface area contributed by atoms with Gasteiger partial charge in [0, 0.05) is 0 Å². The zero-order chi connectivity index (χ0) is 15.3. The van der Waals surface area contributed by atoms with Gasteiger partial charge in [0.1, 0.15) is 0 Å². The number of benzene rings is 1. The molecule has 1 N–H and O–H groups in total. The van der Waals surface area contributed by atoms with Crippen LogP contribution in [0.3, 0.4) is 0 Å². The van der Waals surface area contributed by atoms with E-state index in [1.54, 1.807) is 0 Å². The molecule has 0 spiro atoms. The van der Waals surface area contributed by atoms with Gasteiger partial charge in [-0.15, -0.1) is 0 Å². The Balaban J connectivity index is 1.88. The van der Waals surface area contributed by atoms with Gasteiger partial charge in [0.15, 0.2) is 0 Å². The van der Waals surface area contributed by atoms with E-state index < -0.39 is 16.1 Å². The Hall–Kier alpha value is -1.40. The maximum absolute atomic E-state index is 11.9. The summed E-state index contributed by atoms with van der Waals surface area (Å²) in [4.78, 5) is 11.6. The van der Waals surface area contributed by atoms with Gasteiger partial charge in [-0.25, -0.2) is 4.79 Å². The molecule has 1 aliphatic carbocycles. The monoisotopic (exact) mass is 312 g/mol. The van der Waals surface area contributed by atoms with Crippen molar-refractivity contribution in [3.05, 3.63) is 29.8 Å². The lowest BCUT2D eigenvalue weighted by Crippen LogP contribution is -2.13. The highest BCUT2D eigenvalue weighted by Gasteiger charge is 2.16. The number of hydrogen-bond acceptors (Lipinski definition) is 4. The molecule has 0 amide bonds. The van der Waals surface area contributed by atoms with Crippen molar-refractivity contribution < 1.29 is 22.5 Å². The molecule has 21 heavy (non-hydrogen) atoms.